The molecule has 19 heavy (non-hydrogen) atoms. The third-order valence-corrected chi connectivity index (χ3v) is 2.56. The molecule has 0 bridgehead atoms. The summed E-state index contributed by atoms with van der Waals surface area (Å²) in [5.41, 5.74) is 1.97. The summed E-state index contributed by atoms with van der Waals surface area (Å²) in [6.07, 6.45) is -1.18. The van der Waals surface area contributed by atoms with E-state index in [2.05, 4.69) is 5.73 Å². The number of aliphatic hydroxyl groups excluding tert-OH is 1. The number of amides is 1. The van der Waals surface area contributed by atoms with Crippen LogP contribution in [0, 0.1) is 23.3 Å². The van der Waals surface area contributed by atoms with Crippen LogP contribution in [0.1, 0.15) is 10.4 Å². The summed E-state index contributed by atoms with van der Waals surface area (Å²) in [6.45, 7) is -0.438. The Morgan fingerprint density at radius 1 is 1.21 bits per heavy atom. The van der Waals surface area contributed by atoms with Gasteiger partial charge in [-0.3, -0.25) is 4.79 Å². The molecule has 4 N–H and O–H groups in total. The number of nitrogens with one attached hydrogen (secondary N) is 1. The number of anilines is 1. The smallest absolute Gasteiger partial charge is 0.254 e. The summed E-state index contributed by atoms with van der Waals surface area (Å²) < 4.78 is 53.6. The molecule has 0 aliphatic carbocycles. The van der Waals surface area contributed by atoms with Gasteiger partial charge in [0.2, 0.25) is 0 Å². The van der Waals surface area contributed by atoms with E-state index in [1.54, 1.807) is 0 Å². The Bertz CT molecular complexity index is 484. The lowest BCUT2D eigenvalue weighted by Gasteiger charge is -2.14. The third-order valence-electron chi connectivity index (χ3n) is 2.20. The number of alkyl halides is 1. The normalized spacial score (nSPS) is 12.3. The van der Waals surface area contributed by atoms with Gasteiger partial charge in [-0.15, -0.1) is 11.6 Å². The van der Waals surface area contributed by atoms with Crippen LogP contribution in [0.15, 0.2) is 0 Å². The van der Waals surface area contributed by atoms with Crippen molar-refractivity contribution < 1.29 is 27.5 Å². The Morgan fingerprint density at radius 2 is 1.68 bits per heavy atom. The molecule has 0 saturated carbocycles. The van der Waals surface area contributed by atoms with Gasteiger partial charge in [-0.2, -0.15) is 0 Å². The molecular formula is C10H9ClF4N2O2. The number of carbonyl (C=O) groups is 1. The van der Waals surface area contributed by atoms with E-state index in [1.807, 2.05) is 5.32 Å². The third kappa shape index (κ3) is 3.07. The number of halogens is 5. The van der Waals surface area contributed by atoms with Crippen molar-refractivity contribution in [2.24, 2.45) is 5.73 Å². The molecule has 0 fully saturated rings. The van der Waals surface area contributed by atoms with Gasteiger partial charge in [0.25, 0.3) is 5.91 Å². The SMILES string of the molecule is NC(=O)c1c(F)c(F)c(NCC(O)CCl)c(F)c1F. The lowest BCUT2D eigenvalue weighted by atomic mass is 10.1. The number of nitrogens with two attached hydrogens (primary N) is 1. The maximum Gasteiger partial charge on any atom is 0.254 e. The quantitative estimate of drug-likeness (QED) is 0.436. The summed E-state index contributed by atoms with van der Waals surface area (Å²) in [5, 5.41) is 11.0. The number of hydrogen-bond acceptors (Lipinski definition) is 3. The Balaban J connectivity index is 3.24. The molecule has 1 amide bonds. The molecule has 0 aromatic heterocycles. The van der Waals surface area contributed by atoms with Crippen molar-refractivity contribution >= 4 is 23.2 Å². The van der Waals surface area contributed by atoms with Crippen molar-refractivity contribution in [2.45, 2.75) is 6.10 Å². The first-order valence-electron chi connectivity index (χ1n) is 4.94. The molecule has 1 atom stereocenters. The van der Waals surface area contributed by atoms with Crippen molar-refractivity contribution in [1.29, 1.82) is 0 Å². The van der Waals surface area contributed by atoms with Crippen molar-refractivity contribution in [3.8, 4) is 0 Å². The van der Waals surface area contributed by atoms with E-state index < -0.39 is 53.1 Å². The minimum absolute atomic E-state index is 0.249. The van der Waals surface area contributed by atoms with Crippen LogP contribution in [0.25, 0.3) is 0 Å². The molecule has 1 rings (SSSR count). The van der Waals surface area contributed by atoms with Crippen molar-refractivity contribution in [3.63, 3.8) is 0 Å². The zero-order chi connectivity index (χ0) is 14.7. The van der Waals surface area contributed by atoms with Gasteiger partial charge in [-0.25, -0.2) is 17.6 Å². The standard InChI is InChI=1S/C10H9ClF4N2O2/c11-1-3(18)2-17-9-7(14)5(12)4(10(16)19)6(13)8(9)15/h3,17-18H,1-2H2,(H2,16,19). The molecule has 106 valence electrons. The Kier molecular flexibility index (Phi) is 4.96. The maximum absolute atomic E-state index is 13.5. The van der Waals surface area contributed by atoms with Gasteiger partial charge in [-0.05, 0) is 0 Å². The number of rotatable bonds is 5. The summed E-state index contributed by atoms with van der Waals surface area (Å²) in [4.78, 5) is 10.7. The predicted octanol–water partition coefficient (Wildman–Crippen LogP) is 1.35. The largest absolute Gasteiger partial charge is 0.390 e. The van der Waals surface area contributed by atoms with E-state index in [-0.39, 0.29) is 5.88 Å². The Hall–Kier alpha value is -1.54. The number of aliphatic hydroxyl groups is 1. The first-order chi connectivity index (χ1) is 8.81. The highest BCUT2D eigenvalue weighted by molar-refractivity contribution is 6.18. The van der Waals surface area contributed by atoms with E-state index in [1.165, 1.54) is 0 Å². The molecule has 1 aromatic rings. The minimum Gasteiger partial charge on any atom is -0.390 e. The van der Waals surface area contributed by atoms with Crippen LogP contribution in [0.4, 0.5) is 23.2 Å². The van der Waals surface area contributed by atoms with Crippen molar-refractivity contribution in [1.82, 2.24) is 0 Å². The Morgan fingerprint density at radius 3 is 2.05 bits per heavy atom. The second kappa shape index (κ2) is 6.07. The maximum atomic E-state index is 13.5. The van der Waals surface area contributed by atoms with Crippen molar-refractivity contribution in [3.05, 3.63) is 28.8 Å². The summed E-state index contributed by atoms with van der Waals surface area (Å²) in [7, 11) is 0. The fourth-order valence-corrected chi connectivity index (χ4v) is 1.39. The van der Waals surface area contributed by atoms with Gasteiger partial charge in [-0.1, -0.05) is 0 Å². The van der Waals surface area contributed by atoms with E-state index in [0.717, 1.165) is 0 Å². The minimum atomic E-state index is -1.91. The lowest BCUT2D eigenvalue weighted by Crippen LogP contribution is -2.24. The average molecular weight is 301 g/mol. The first kappa shape index (κ1) is 15.5. The lowest BCUT2D eigenvalue weighted by molar-refractivity contribution is 0.0990. The molecular weight excluding hydrogens is 292 g/mol. The zero-order valence-corrected chi connectivity index (χ0v) is 10.1. The van der Waals surface area contributed by atoms with Gasteiger partial charge < -0.3 is 16.2 Å². The van der Waals surface area contributed by atoms with Gasteiger partial charge in [0.05, 0.1) is 12.0 Å². The van der Waals surface area contributed by atoms with E-state index in [9.17, 15) is 22.4 Å². The zero-order valence-electron chi connectivity index (χ0n) is 9.31. The predicted molar refractivity (Wildman–Crippen MR) is 60.0 cm³/mol. The summed E-state index contributed by atoms with van der Waals surface area (Å²) >= 11 is 5.24. The number of benzene rings is 1. The molecule has 1 aromatic carbocycles. The number of primary amides is 1. The van der Waals surface area contributed by atoms with Gasteiger partial charge in [0, 0.05) is 6.54 Å². The molecule has 0 aliphatic heterocycles. The topological polar surface area (TPSA) is 75.4 Å². The Labute approximate surface area is 110 Å². The molecule has 1 unspecified atom stereocenters. The molecule has 0 saturated heterocycles. The molecule has 4 nitrogen and oxygen atoms in total. The van der Waals surface area contributed by atoms with Gasteiger partial charge in [0.15, 0.2) is 23.3 Å². The molecule has 0 heterocycles. The van der Waals surface area contributed by atoms with Crippen molar-refractivity contribution in [2.75, 3.05) is 17.7 Å². The number of hydrogen-bond donors (Lipinski definition) is 3. The highest BCUT2D eigenvalue weighted by atomic mass is 35.5. The number of carbonyl (C=O) groups excluding carboxylic acids is 1. The highest BCUT2D eigenvalue weighted by Gasteiger charge is 2.28. The van der Waals surface area contributed by atoms with Crippen LogP contribution >= 0.6 is 11.6 Å². The van der Waals surface area contributed by atoms with E-state index in [0.29, 0.717) is 0 Å². The van der Waals surface area contributed by atoms with Crippen LogP contribution in [0.5, 0.6) is 0 Å². The van der Waals surface area contributed by atoms with E-state index >= 15 is 0 Å². The van der Waals surface area contributed by atoms with Crippen LogP contribution in [-0.4, -0.2) is 29.5 Å². The highest BCUT2D eigenvalue weighted by Crippen LogP contribution is 2.27. The van der Waals surface area contributed by atoms with Crippen LogP contribution in [0.2, 0.25) is 0 Å². The molecule has 9 heteroatoms. The van der Waals surface area contributed by atoms with Crippen LogP contribution < -0.4 is 11.1 Å². The van der Waals surface area contributed by atoms with Gasteiger partial charge in [0.1, 0.15) is 11.3 Å². The first-order valence-corrected chi connectivity index (χ1v) is 5.48. The van der Waals surface area contributed by atoms with Crippen LogP contribution in [0.3, 0.4) is 0 Å². The van der Waals surface area contributed by atoms with Gasteiger partial charge >= 0.3 is 0 Å². The fourth-order valence-electron chi connectivity index (χ4n) is 1.28. The summed E-state index contributed by atoms with van der Waals surface area (Å²) in [5.74, 6) is -9.33. The summed E-state index contributed by atoms with van der Waals surface area (Å²) in [6, 6.07) is 0. The average Bonchev–Trinajstić information content (AvgIpc) is 2.35. The monoisotopic (exact) mass is 300 g/mol. The van der Waals surface area contributed by atoms with Crippen LogP contribution in [-0.2, 0) is 0 Å². The fraction of sp³-hybridized carbons (Fsp3) is 0.300. The molecule has 0 aliphatic rings. The second-order valence-corrected chi connectivity index (χ2v) is 3.87. The molecule has 0 spiro atoms. The second-order valence-electron chi connectivity index (χ2n) is 3.56. The van der Waals surface area contributed by atoms with E-state index in [4.69, 9.17) is 16.7 Å². The molecule has 0 radical (unpaired) electrons.